The fourth-order valence-corrected chi connectivity index (χ4v) is 2.91. The van der Waals surface area contributed by atoms with Crippen LogP contribution in [0.4, 0.5) is 0 Å². The zero-order valence-electron chi connectivity index (χ0n) is 11.2. The van der Waals surface area contributed by atoms with Crippen LogP contribution >= 0.6 is 0 Å². The van der Waals surface area contributed by atoms with Crippen LogP contribution in [0.5, 0.6) is 0 Å². The molecule has 3 atom stereocenters. The Morgan fingerprint density at radius 2 is 2.29 bits per heavy atom. The Balaban J connectivity index is 2.00. The third kappa shape index (κ3) is 2.47. The molecular weight excluding hydrogens is 216 g/mol. The monoisotopic (exact) mass is 240 g/mol. The Bertz CT molecular complexity index is 287. The number of nitrogens with one attached hydrogen (secondary N) is 1. The standard InChI is InChI=1S/C13H24N2O2/c1-10-4-7-15(8-11(10)17-3)12(16)13(2)5-6-14-9-13/h10-11,14H,4-9H2,1-3H3. The predicted molar refractivity (Wildman–Crippen MR) is 66.8 cm³/mol. The van der Waals surface area contributed by atoms with Crippen LogP contribution < -0.4 is 5.32 Å². The maximum Gasteiger partial charge on any atom is 0.229 e. The van der Waals surface area contributed by atoms with Crippen molar-refractivity contribution in [1.29, 1.82) is 0 Å². The minimum Gasteiger partial charge on any atom is -0.379 e. The molecule has 0 spiro atoms. The molecule has 1 N–H and O–H groups in total. The van der Waals surface area contributed by atoms with Crippen LogP contribution in [-0.4, -0.2) is 50.2 Å². The highest BCUT2D eigenvalue weighted by Crippen LogP contribution is 2.30. The number of methoxy groups -OCH3 is 1. The Kier molecular flexibility index (Phi) is 3.73. The van der Waals surface area contributed by atoms with Crippen molar-refractivity contribution < 1.29 is 9.53 Å². The number of nitrogens with zero attached hydrogens (tertiary/aromatic N) is 1. The molecule has 0 aromatic carbocycles. The van der Waals surface area contributed by atoms with Crippen molar-refractivity contribution >= 4 is 5.91 Å². The van der Waals surface area contributed by atoms with Crippen LogP contribution in [0.25, 0.3) is 0 Å². The lowest BCUT2D eigenvalue weighted by molar-refractivity contribution is -0.145. The number of piperidine rings is 1. The maximum absolute atomic E-state index is 12.5. The average molecular weight is 240 g/mol. The van der Waals surface area contributed by atoms with Crippen molar-refractivity contribution in [3.8, 4) is 0 Å². The van der Waals surface area contributed by atoms with E-state index in [1.165, 1.54) is 0 Å². The van der Waals surface area contributed by atoms with Crippen molar-refractivity contribution in [2.24, 2.45) is 11.3 Å². The quantitative estimate of drug-likeness (QED) is 0.778. The molecule has 0 aromatic heterocycles. The number of hydrogen-bond donors (Lipinski definition) is 1. The van der Waals surface area contributed by atoms with Gasteiger partial charge < -0.3 is 15.0 Å². The summed E-state index contributed by atoms with van der Waals surface area (Å²) in [6.07, 6.45) is 2.20. The van der Waals surface area contributed by atoms with Gasteiger partial charge in [-0.15, -0.1) is 0 Å². The van der Waals surface area contributed by atoms with Crippen LogP contribution in [0.1, 0.15) is 26.7 Å². The van der Waals surface area contributed by atoms with Crippen molar-refractivity contribution in [2.45, 2.75) is 32.8 Å². The lowest BCUT2D eigenvalue weighted by Gasteiger charge is -2.39. The van der Waals surface area contributed by atoms with E-state index in [0.29, 0.717) is 11.8 Å². The van der Waals surface area contributed by atoms with Gasteiger partial charge in [-0.05, 0) is 32.2 Å². The molecule has 4 nitrogen and oxygen atoms in total. The first-order valence-corrected chi connectivity index (χ1v) is 6.60. The van der Waals surface area contributed by atoms with Gasteiger partial charge >= 0.3 is 0 Å². The second kappa shape index (κ2) is 4.94. The first kappa shape index (κ1) is 12.8. The molecule has 0 bridgehead atoms. The maximum atomic E-state index is 12.5. The van der Waals surface area contributed by atoms with Gasteiger partial charge in [0.15, 0.2) is 0 Å². The van der Waals surface area contributed by atoms with Gasteiger partial charge in [0.05, 0.1) is 11.5 Å². The molecular formula is C13H24N2O2. The summed E-state index contributed by atoms with van der Waals surface area (Å²) in [7, 11) is 1.74. The van der Waals surface area contributed by atoms with Gasteiger partial charge in [-0.1, -0.05) is 6.92 Å². The molecule has 0 saturated carbocycles. The molecule has 98 valence electrons. The van der Waals surface area contributed by atoms with Crippen molar-refractivity contribution in [1.82, 2.24) is 10.2 Å². The minimum atomic E-state index is -0.196. The third-order valence-corrected chi connectivity index (χ3v) is 4.36. The predicted octanol–water partition coefficient (Wildman–Crippen LogP) is 0.869. The van der Waals surface area contributed by atoms with Gasteiger partial charge in [0, 0.05) is 26.7 Å². The van der Waals surface area contributed by atoms with E-state index in [-0.39, 0.29) is 11.5 Å². The molecule has 2 rings (SSSR count). The lowest BCUT2D eigenvalue weighted by atomic mass is 9.86. The van der Waals surface area contributed by atoms with Crippen LogP contribution in [0.3, 0.4) is 0 Å². The molecule has 0 aliphatic carbocycles. The van der Waals surface area contributed by atoms with E-state index in [1.807, 2.05) is 4.90 Å². The second-order valence-corrected chi connectivity index (χ2v) is 5.78. The van der Waals surface area contributed by atoms with Crippen molar-refractivity contribution in [2.75, 3.05) is 33.3 Å². The molecule has 4 heteroatoms. The van der Waals surface area contributed by atoms with E-state index >= 15 is 0 Å². The summed E-state index contributed by atoms with van der Waals surface area (Å²) in [6.45, 7) is 7.70. The summed E-state index contributed by atoms with van der Waals surface area (Å²) in [5.74, 6) is 0.856. The Hall–Kier alpha value is -0.610. The third-order valence-electron chi connectivity index (χ3n) is 4.36. The summed E-state index contributed by atoms with van der Waals surface area (Å²) >= 11 is 0. The fourth-order valence-electron chi connectivity index (χ4n) is 2.91. The van der Waals surface area contributed by atoms with Crippen LogP contribution in [0.15, 0.2) is 0 Å². The van der Waals surface area contributed by atoms with E-state index in [1.54, 1.807) is 7.11 Å². The number of ether oxygens (including phenoxy) is 1. The van der Waals surface area contributed by atoms with E-state index < -0.39 is 0 Å². The highest BCUT2D eigenvalue weighted by Gasteiger charge is 2.41. The van der Waals surface area contributed by atoms with E-state index in [4.69, 9.17) is 4.74 Å². The summed E-state index contributed by atoms with van der Waals surface area (Å²) < 4.78 is 5.47. The first-order chi connectivity index (χ1) is 8.07. The number of carbonyl (C=O) groups is 1. The van der Waals surface area contributed by atoms with E-state index in [0.717, 1.165) is 39.0 Å². The minimum absolute atomic E-state index is 0.196. The molecule has 2 aliphatic heterocycles. The highest BCUT2D eigenvalue weighted by atomic mass is 16.5. The normalized spacial score (nSPS) is 38.4. The zero-order valence-corrected chi connectivity index (χ0v) is 11.2. The number of rotatable bonds is 2. The second-order valence-electron chi connectivity index (χ2n) is 5.78. The number of hydrogen-bond acceptors (Lipinski definition) is 3. The SMILES string of the molecule is COC1CN(C(=O)C2(C)CCNC2)CCC1C. The first-order valence-electron chi connectivity index (χ1n) is 6.60. The zero-order chi connectivity index (χ0) is 12.5. The Morgan fingerprint density at radius 1 is 1.53 bits per heavy atom. The van der Waals surface area contributed by atoms with Gasteiger partial charge in [0.25, 0.3) is 0 Å². The molecule has 17 heavy (non-hydrogen) atoms. The highest BCUT2D eigenvalue weighted by molar-refractivity contribution is 5.83. The molecule has 2 saturated heterocycles. The summed E-state index contributed by atoms with van der Waals surface area (Å²) in [6, 6.07) is 0. The molecule has 1 amide bonds. The molecule has 0 aromatic rings. The molecule has 3 unspecified atom stereocenters. The van der Waals surface area contributed by atoms with E-state index in [2.05, 4.69) is 19.2 Å². The number of amides is 1. The van der Waals surface area contributed by atoms with Crippen LogP contribution in [0.2, 0.25) is 0 Å². The lowest BCUT2D eigenvalue weighted by Crippen LogP contribution is -2.51. The fraction of sp³-hybridized carbons (Fsp3) is 0.923. The molecule has 2 heterocycles. The largest absolute Gasteiger partial charge is 0.379 e. The van der Waals surface area contributed by atoms with Gasteiger partial charge in [-0.3, -0.25) is 4.79 Å². The van der Waals surface area contributed by atoms with Gasteiger partial charge in [0.2, 0.25) is 5.91 Å². The Morgan fingerprint density at radius 3 is 2.88 bits per heavy atom. The molecule has 0 radical (unpaired) electrons. The number of carbonyl (C=O) groups excluding carboxylic acids is 1. The number of likely N-dealkylation sites (tertiary alicyclic amines) is 1. The van der Waals surface area contributed by atoms with Crippen molar-refractivity contribution in [3.63, 3.8) is 0 Å². The Labute approximate surface area is 104 Å². The van der Waals surface area contributed by atoms with Gasteiger partial charge in [-0.25, -0.2) is 0 Å². The van der Waals surface area contributed by atoms with Gasteiger partial charge in [0.1, 0.15) is 0 Å². The summed E-state index contributed by atoms with van der Waals surface area (Å²) in [4.78, 5) is 14.5. The topological polar surface area (TPSA) is 41.6 Å². The smallest absolute Gasteiger partial charge is 0.229 e. The van der Waals surface area contributed by atoms with Crippen molar-refractivity contribution in [3.05, 3.63) is 0 Å². The van der Waals surface area contributed by atoms with Crippen LogP contribution in [0, 0.1) is 11.3 Å². The molecule has 2 fully saturated rings. The van der Waals surface area contributed by atoms with E-state index in [9.17, 15) is 4.79 Å². The average Bonchev–Trinajstić information content (AvgIpc) is 2.77. The summed E-state index contributed by atoms with van der Waals surface area (Å²) in [5, 5.41) is 3.29. The van der Waals surface area contributed by atoms with Crippen LogP contribution in [-0.2, 0) is 9.53 Å². The summed E-state index contributed by atoms with van der Waals surface area (Å²) in [5.41, 5.74) is -0.196. The molecule has 2 aliphatic rings. The van der Waals surface area contributed by atoms with Gasteiger partial charge in [-0.2, -0.15) is 0 Å².